The van der Waals surface area contributed by atoms with E-state index in [1.165, 1.54) is 11.3 Å². The molecule has 2 aromatic carbocycles. The summed E-state index contributed by atoms with van der Waals surface area (Å²) in [5.41, 5.74) is 2.74. The molecule has 4 aromatic rings. The minimum Gasteiger partial charge on any atom is -0.280 e. The van der Waals surface area contributed by atoms with Gasteiger partial charge in [-0.15, -0.1) is 11.3 Å². The van der Waals surface area contributed by atoms with Crippen LogP contribution in [0.3, 0.4) is 0 Å². The fourth-order valence-corrected chi connectivity index (χ4v) is 4.75. The maximum Gasteiger partial charge on any atom is 0.265 e. The highest BCUT2D eigenvalue weighted by atomic mass is 32.2. The molecule has 27 heavy (non-hydrogen) atoms. The molecule has 0 saturated heterocycles. The molecular weight excluding hydrogens is 378 g/mol. The minimum absolute atomic E-state index is 0.148. The smallest absolute Gasteiger partial charge is 0.265 e. The predicted octanol–water partition coefficient (Wildman–Crippen LogP) is 4.71. The highest BCUT2D eigenvalue weighted by Gasteiger charge is 2.25. The molecule has 7 heteroatoms. The lowest BCUT2D eigenvalue weighted by atomic mass is 10.2. The summed E-state index contributed by atoms with van der Waals surface area (Å²) in [5, 5.41) is 6.46. The minimum atomic E-state index is -3.80. The number of rotatable bonds is 5. The van der Waals surface area contributed by atoms with Crippen molar-refractivity contribution < 1.29 is 8.42 Å². The van der Waals surface area contributed by atoms with Gasteiger partial charge in [-0.05, 0) is 48.2 Å². The van der Waals surface area contributed by atoms with Crippen molar-refractivity contribution in [3.8, 4) is 16.3 Å². The van der Waals surface area contributed by atoms with Gasteiger partial charge in [-0.3, -0.25) is 4.72 Å². The van der Waals surface area contributed by atoms with Crippen molar-refractivity contribution in [1.82, 2.24) is 9.78 Å². The molecule has 2 aromatic heterocycles. The molecule has 4 rings (SSSR count). The number of nitrogens with one attached hydrogen (secondary N) is 1. The Kier molecular flexibility index (Phi) is 4.55. The fourth-order valence-electron chi connectivity index (χ4n) is 2.77. The number of hydrogen-bond acceptors (Lipinski definition) is 4. The summed E-state index contributed by atoms with van der Waals surface area (Å²) in [7, 11) is -3.80. The van der Waals surface area contributed by atoms with Crippen molar-refractivity contribution in [2.45, 2.75) is 11.8 Å². The zero-order chi connectivity index (χ0) is 18.9. The van der Waals surface area contributed by atoms with E-state index in [0.29, 0.717) is 11.4 Å². The number of thiophene rings is 1. The molecule has 0 atom stereocenters. The van der Waals surface area contributed by atoms with E-state index in [-0.39, 0.29) is 4.90 Å². The topological polar surface area (TPSA) is 64.0 Å². The van der Waals surface area contributed by atoms with Crippen LogP contribution in [0.5, 0.6) is 0 Å². The van der Waals surface area contributed by atoms with E-state index in [1.807, 2.05) is 66.9 Å². The van der Waals surface area contributed by atoms with Crippen LogP contribution in [-0.2, 0) is 10.0 Å². The van der Waals surface area contributed by atoms with Crippen molar-refractivity contribution in [1.29, 1.82) is 0 Å². The summed E-state index contributed by atoms with van der Waals surface area (Å²) >= 11 is 1.46. The van der Waals surface area contributed by atoms with E-state index in [2.05, 4.69) is 9.82 Å². The van der Waals surface area contributed by atoms with Crippen LogP contribution in [-0.4, -0.2) is 18.2 Å². The summed E-state index contributed by atoms with van der Waals surface area (Å²) in [6, 6.07) is 20.5. The largest absolute Gasteiger partial charge is 0.280 e. The first-order valence-electron chi connectivity index (χ1n) is 8.31. The zero-order valence-electron chi connectivity index (χ0n) is 14.5. The molecule has 0 unspecified atom stereocenters. The quantitative estimate of drug-likeness (QED) is 0.532. The Balaban J connectivity index is 1.82. The van der Waals surface area contributed by atoms with Crippen LogP contribution in [0.2, 0.25) is 0 Å². The Morgan fingerprint density at radius 3 is 2.52 bits per heavy atom. The normalized spacial score (nSPS) is 11.4. The second-order valence-electron chi connectivity index (χ2n) is 6.07. The summed E-state index contributed by atoms with van der Waals surface area (Å²) in [6.07, 6.45) is 1.56. The highest BCUT2D eigenvalue weighted by molar-refractivity contribution is 7.92. The second kappa shape index (κ2) is 7.02. The fraction of sp³-hybridized carbons (Fsp3) is 0.0500. The first-order chi connectivity index (χ1) is 13.0. The maximum absolute atomic E-state index is 13.1. The predicted molar refractivity (Wildman–Crippen MR) is 109 cm³/mol. The summed E-state index contributed by atoms with van der Waals surface area (Å²) in [6.45, 7) is 1.92. The molecule has 0 radical (unpaired) electrons. The molecule has 0 amide bonds. The Morgan fingerprint density at radius 1 is 1.00 bits per heavy atom. The Bertz CT molecular complexity index is 1170. The van der Waals surface area contributed by atoms with E-state index in [1.54, 1.807) is 23.0 Å². The van der Waals surface area contributed by atoms with Crippen LogP contribution >= 0.6 is 11.3 Å². The van der Waals surface area contributed by atoms with Gasteiger partial charge in [-0.1, -0.05) is 36.4 Å². The molecule has 1 N–H and O–H groups in total. The molecule has 136 valence electrons. The van der Waals surface area contributed by atoms with Crippen molar-refractivity contribution >= 4 is 27.0 Å². The van der Waals surface area contributed by atoms with Gasteiger partial charge < -0.3 is 0 Å². The number of para-hydroxylation sites is 1. The third-order valence-corrected chi connectivity index (χ3v) is 6.27. The number of nitrogens with zero attached hydrogens (tertiary/aromatic N) is 2. The zero-order valence-corrected chi connectivity index (χ0v) is 16.2. The van der Waals surface area contributed by atoms with Gasteiger partial charge in [0.25, 0.3) is 10.0 Å². The molecule has 0 aliphatic carbocycles. The Labute approximate surface area is 162 Å². The van der Waals surface area contributed by atoms with E-state index in [4.69, 9.17) is 0 Å². The molecule has 0 spiro atoms. The van der Waals surface area contributed by atoms with Crippen LogP contribution in [0, 0.1) is 6.92 Å². The average Bonchev–Trinajstić information content (AvgIpc) is 3.32. The first-order valence-corrected chi connectivity index (χ1v) is 10.7. The van der Waals surface area contributed by atoms with Crippen LogP contribution in [0.4, 0.5) is 5.69 Å². The molecule has 0 saturated carbocycles. The van der Waals surface area contributed by atoms with E-state index in [9.17, 15) is 8.42 Å². The Morgan fingerprint density at radius 2 is 1.81 bits per heavy atom. The lowest BCUT2D eigenvalue weighted by molar-refractivity contribution is 0.601. The maximum atomic E-state index is 13.1. The third kappa shape index (κ3) is 3.65. The number of anilines is 1. The number of hydrogen-bond donors (Lipinski definition) is 1. The van der Waals surface area contributed by atoms with Gasteiger partial charge in [-0.25, -0.2) is 13.1 Å². The number of benzene rings is 2. The molecule has 0 aliphatic rings. The summed E-state index contributed by atoms with van der Waals surface area (Å²) in [4.78, 5) is 0.949. The molecule has 0 fully saturated rings. The molecule has 2 heterocycles. The van der Waals surface area contributed by atoms with Crippen LogP contribution in [0.15, 0.2) is 83.2 Å². The summed E-state index contributed by atoms with van der Waals surface area (Å²) < 4.78 is 30.5. The van der Waals surface area contributed by atoms with E-state index < -0.39 is 10.0 Å². The van der Waals surface area contributed by atoms with Gasteiger partial charge in [0.1, 0.15) is 10.6 Å². The second-order valence-corrected chi connectivity index (χ2v) is 8.67. The van der Waals surface area contributed by atoms with Crippen LogP contribution in [0.1, 0.15) is 5.56 Å². The Hall–Kier alpha value is -2.90. The monoisotopic (exact) mass is 395 g/mol. The van der Waals surface area contributed by atoms with E-state index in [0.717, 1.165) is 16.1 Å². The van der Waals surface area contributed by atoms with Gasteiger partial charge in [0.15, 0.2) is 0 Å². The average molecular weight is 396 g/mol. The lowest BCUT2D eigenvalue weighted by Crippen LogP contribution is -2.13. The standard InChI is InChI=1S/C20H17N3O2S2/c1-15-7-5-8-16(13-15)22-27(24,25)19-14-23(17-9-3-2-4-10-17)21-20(19)18-11-6-12-26-18/h2-14,22H,1H3. The van der Waals surface area contributed by atoms with Gasteiger partial charge >= 0.3 is 0 Å². The first kappa shape index (κ1) is 17.5. The van der Waals surface area contributed by atoms with Crippen molar-refractivity contribution in [3.05, 3.63) is 83.9 Å². The van der Waals surface area contributed by atoms with Crippen molar-refractivity contribution in [2.24, 2.45) is 0 Å². The van der Waals surface area contributed by atoms with Gasteiger partial charge in [0.05, 0.1) is 16.8 Å². The van der Waals surface area contributed by atoms with E-state index >= 15 is 0 Å². The number of sulfonamides is 1. The molecular formula is C20H17N3O2S2. The number of aromatic nitrogens is 2. The van der Waals surface area contributed by atoms with Gasteiger partial charge in [0.2, 0.25) is 0 Å². The van der Waals surface area contributed by atoms with Crippen LogP contribution in [0.25, 0.3) is 16.3 Å². The SMILES string of the molecule is Cc1cccc(NS(=O)(=O)c2cn(-c3ccccc3)nc2-c2cccs2)c1. The third-order valence-electron chi connectivity index (χ3n) is 4.02. The molecule has 0 bridgehead atoms. The molecule has 0 aliphatic heterocycles. The van der Waals surface area contributed by atoms with Gasteiger partial charge in [-0.2, -0.15) is 5.10 Å². The van der Waals surface area contributed by atoms with Gasteiger partial charge in [0, 0.05) is 5.69 Å². The number of aryl methyl sites for hydroxylation is 1. The van der Waals surface area contributed by atoms with Crippen molar-refractivity contribution in [2.75, 3.05) is 4.72 Å². The van der Waals surface area contributed by atoms with Crippen molar-refractivity contribution in [3.63, 3.8) is 0 Å². The lowest BCUT2D eigenvalue weighted by Gasteiger charge is -2.08. The van der Waals surface area contributed by atoms with Crippen LogP contribution < -0.4 is 4.72 Å². The summed E-state index contributed by atoms with van der Waals surface area (Å²) in [5.74, 6) is 0. The highest BCUT2D eigenvalue weighted by Crippen LogP contribution is 2.31. The molecule has 5 nitrogen and oxygen atoms in total.